The summed E-state index contributed by atoms with van der Waals surface area (Å²) in [4.78, 5) is 51.1. The van der Waals surface area contributed by atoms with Crippen LogP contribution in [-0.4, -0.2) is 36.3 Å². The molecule has 0 N–H and O–H groups in total. The second kappa shape index (κ2) is 8.90. The summed E-state index contributed by atoms with van der Waals surface area (Å²) >= 11 is 0. The summed E-state index contributed by atoms with van der Waals surface area (Å²) in [6.07, 6.45) is 0.700. The van der Waals surface area contributed by atoms with Gasteiger partial charge in [-0.3, -0.25) is 14.5 Å². The molecule has 4 rings (SSSR count). The molecule has 0 saturated heterocycles. The van der Waals surface area contributed by atoms with Crippen molar-refractivity contribution in [2.24, 2.45) is 5.92 Å². The van der Waals surface area contributed by atoms with Gasteiger partial charge in [0.05, 0.1) is 23.8 Å². The molecule has 0 spiro atoms. The first-order chi connectivity index (χ1) is 15.8. The van der Waals surface area contributed by atoms with Crippen LogP contribution in [0.1, 0.15) is 56.9 Å². The third-order valence-electron chi connectivity index (χ3n) is 5.53. The highest BCUT2D eigenvalue weighted by Gasteiger charge is 2.35. The van der Waals surface area contributed by atoms with Gasteiger partial charge in [-0.05, 0) is 42.7 Å². The molecule has 0 atom stereocenters. The fourth-order valence-corrected chi connectivity index (χ4v) is 3.69. The van der Waals surface area contributed by atoms with E-state index in [0.29, 0.717) is 41.2 Å². The van der Waals surface area contributed by atoms with Gasteiger partial charge in [0.1, 0.15) is 17.9 Å². The maximum Gasteiger partial charge on any atom is 0.338 e. The Kier molecular flexibility index (Phi) is 6.00. The number of carbonyl (C=O) groups excluding carboxylic acids is 3. The zero-order valence-corrected chi connectivity index (χ0v) is 18.5. The van der Waals surface area contributed by atoms with Gasteiger partial charge in [0, 0.05) is 29.6 Å². The first kappa shape index (κ1) is 22.3. The number of hydrogen-bond acceptors (Lipinski definition) is 7. The Balaban J connectivity index is 1.53. The molecule has 8 heteroatoms. The van der Waals surface area contributed by atoms with E-state index in [1.165, 1.54) is 36.3 Å². The zero-order valence-electron chi connectivity index (χ0n) is 18.5. The lowest BCUT2D eigenvalue weighted by Crippen LogP contribution is -2.31. The smallest absolute Gasteiger partial charge is 0.338 e. The number of imide groups is 1. The molecule has 8 nitrogen and oxygen atoms in total. The molecule has 1 aliphatic heterocycles. The van der Waals surface area contributed by atoms with E-state index in [-0.39, 0.29) is 29.2 Å². The molecule has 2 aromatic carbocycles. The minimum Gasteiger partial charge on any atom is -0.497 e. The predicted octanol–water partition coefficient (Wildman–Crippen LogP) is 3.80. The van der Waals surface area contributed by atoms with Gasteiger partial charge in [-0.1, -0.05) is 13.8 Å². The second-order valence-electron chi connectivity index (χ2n) is 8.23. The van der Waals surface area contributed by atoms with Crippen LogP contribution in [-0.2, 0) is 11.3 Å². The van der Waals surface area contributed by atoms with E-state index in [1.54, 1.807) is 18.2 Å². The lowest BCUT2D eigenvalue weighted by molar-refractivity contribution is 0.0473. The average Bonchev–Trinajstić information content (AvgIpc) is 3.04. The third-order valence-corrected chi connectivity index (χ3v) is 5.53. The zero-order chi connectivity index (χ0) is 23.7. The predicted molar refractivity (Wildman–Crippen MR) is 119 cm³/mol. The summed E-state index contributed by atoms with van der Waals surface area (Å²) in [6, 6.07) is 10.6. The first-order valence-corrected chi connectivity index (χ1v) is 10.6. The minimum atomic E-state index is -0.673. The number of ether oxygens (including phenoxy) is 2. The van der Waals surface area contributed by atoms with Crippen molar-refractivity contribution >= 4 is 28.8 Å². The Morgan fingerprint density at radius 3 is 2.48 bits per heavy atom. The van der Waals surface area contributed by atoms with Crippen LogP contribution in [0.3, 0.4) is 0 Å². The molecule has 3 aromatic rings. The average molecular weight is 449 g/mol. The molecule has 0 aliphatic carbocycles. The van der Waals surface area contributed by atoms with Crippen molar-refractivity contribution in [2.45, 2.75) is 26.9 Å². The number of esters is 1. The molecule has 2 heterocycles. The van der Waals surface area contributed by atoms with Crippen LogP contribution in [0.4, 0.5) is 0 Å². The monoisotopic (exact) mass is 449 g/mol. The lowest BCUT2D eigenvalue weighted by atomic mass is 10.1. The lowest BCUT2D eigenvalue weighted by Gasteiger charge is -2.14. The molecule has 0 bridgehead atoms. The molecule has 0 unspecified atom stereocenters. The quantitative estimate of drug-likeness (QED) is 0.307. The number of nitrogens with zero attached hydrogens (tertiary/aromatic N) is 1. The normalized spacial score (nSPS) is 13.0. The SMILES string of the molecule is COc1ccc2c(COC(=O)c3ccc4c(c3)C(=O)N(CCC(C)C)C4=O)cc(=O)oc2c1. The second-order valence-corrected chi connectivity index (χ2v) is 8.23. The van der Waals surface area contributed by atoms with Crippen LogP contribution in [0.2, 0.25) is 0 Å². The maximum absolute atomic E-state index is 12.7. The molecule has 2 amide bonds. The highest BCUT2D eigenvalue weighted by atomic mass is 16.5. The van der Waals surface area contributed by atoms with E-state index in [1.807, 2.05) is 13.8 Å². The molecule has 170 valence electrons. The third kappa shape index (κ3) is 4.37. The number of amides is 2. The molecule has 0 saturated carbocycles. The van der Waals surface area contributed by atoms with Crippen LogP contribution in [0.25, 0.3) is 11.0 Å². The number of carbonyl (C=O) groups is 3. The van der Waals surface area contributed by atoms with Gasteiger partial charge in [0.2, 0.25) is 0 Å². The van der Waals surface area contributed by atoms with Crippen LogP contribution >= 0.6 is 0 Å². The Morgan fingerprint density at radius 1 is 1.00 bits per heavy atom. The van der Waals surface area contributed by atoms with Crippen LogP contribution in [0.5, 0.6) is 5.75 Å². The molecule has 1 aliphatic rings. The summed E-state index contributed by atoms with van der Waals surface area (Å²) in [5, 5.41) is 0.610. The van der Waals surface area contributed by atoms with Crippen molar-refractivity contribution < 1.29 is 28.3 Å². The fraction of sp³-hybridized carbons (Fsp3) is 0.280. The van der Waals surface area contributed by atoms with E-state index in [2.05, 4.69) is 0 Å². The standard InChI is InChI=1S/C25H23NO7/c1-14(2)8-9-26-23(28)19-6-4-15(10-20(19)24(26)29)25(30)32-13-16-11-22(27)33-21-12-17(31-3)5-7-18(16)21/h4-7,10-12,14H,8-9,13H2,1-3H3. The van der Waals surface area contributed by atoms with Crippen molar-refractivity contribution in [1.29, 1.82) is 0 Å². The van der Waals surface area contributed by atoms with Gasteiger partial charge in [-0.25, -0.2) is 9.59 Å². The van der Waals surface area contributed by atoms with Gasteiger partial charge < -0.3 is 13.9 Å². The fourth-order valence-electron chi connectivity index (χ4n) is 3.69. The molecule has 1 aromatic heterocycles. The Morgan fingerprint density at radius 2 is 1.76 bits per heavy atom. The van der Waals surface area contributed by atoms with Crippen molar-refractivity contribution in [2.75, 3.05) is 13.7 Å². The van der Waals surface area contributed by atoms with Crippen LogP contribution < -0.4 is 10.4 Å². The highest BCUT2D eigenvalue weighted by molar-refractivity contribution is 6.21. The minimum absolute atomic E-state index is 0.148. The van der Waals surface area contributed by atoms with Gasteiger partial charge in [0.15, 0.2) is 0 Å². The Hall–Kier alpha value is -3.94. The maximum atomic E-state index is 12.7. The van der Waals surface area contributed by atoms with Crippen molar-refractivity contribution in [3.05, 3.63) is 75.1 Å². The number of hydrogen-bond donors (Lipinski definition) is 0. The molecular weight excluding hydrogens is 426 g/mol. The largest absolute Gasteiger partial charge is 0.497 e. The Labute approximate surface area is 189 Å². The van der Waals surface area contributed by atoms with E-state index in [0.717, 1.165) is 0 Å². The number of benzene rings is 2. The number of rotatable bonds is 7. The summed E-state index contributed by atoms with van der Waals surface area (Å²) in [5.74, 6) is -0.565. The van der Waals surface area contributed by atoms with Gasteiger partial charge in [0.25, 0.3) is 11.8 Å². The molecule has 33 heavy (non-hydrogen) atoms. The van der Waals surface area contributed by atoms with Crippen LogP contribution in [0.15, 0.2) is 51.7 Å². The summed E-state index contributed by atoms with van der Waals surface area (Å²) in [6.45, 7) is 4.20. The van der Waals surface area contributed by atoms with Gasteiger partial charge >= 0.3 is 11.6 Å². The van der Waals surface area contributed by atoms with Gasteiger partial charge in [-0.15, -0.1) is 0 Å². The van der Waals surface area contributed by atoms with E-state index in [4.69, 9.17) is 13.9 Å². The highest BCUT2D eigenvalue weighted by Crippen LogP contribution is 2.26. The topological polar surface area (TPSA) is 103 Å². The number of methoxy groups -OCH3 is 1. The number of fused-ring (bicyclic) bond motifs is 2. The molecule has 0 fully saturated rings. The molecular formula is C25H23NO7. The van der Waals surface area contributed by atoms with E-state index < -0.39 is 17.5 Å². The van der Waals surface area contributed by atoms with Gasteiger partial charge in [-0.2, -0.15) is 0 Å². The van der Waals surface area contributed by atoms with Crippen LogP contribution in [0, 0.1) is 5.92 Å². The Bertz CT molecular complexity index is 1320. The van der Waals surface area contributed by atoms with E-state index in [9.17, 15) is 19.2 Å². The van der Waals surface area contributed by atoms with E-state index >= 15 is 0 Å². The summed E-state index contributed by atoms with van der Waals surface area (Å²) < 4.78 is 15.7. The van der Waals surface area contributed by atoms with Crippen molar-refractivity contribution in [1.82, 2.24) is 4.90 Å². The molecule has 0 radical (unpaired) electrons. The summed E-state index contributed by atoms with van der Waals surface area (Å²) in [7, 11) is 1.50. The first-order valence-electron chi connectivity index (χ1n) is 10.6. The van der Waals surface area contributed by atoms with Crippen molar-refractivity contribution in [3.63, 3.8) is 0 Å². The van der Waals surface area contributed by atoms with Crippen molar-refractivity contribution in [3.8, 4) is 5.75 Å². The summed E-state index contributed by atoms with van der Waals surface area (Å²) in [5.41, 5.74) is 0.831.